The molecular weight excluding hydrogens is 248 g/mol. The highest BCUT2D eigenvalue weighted by Gasteiger charge is 2.26. The van der Waals surface area contributed by atoms with Gasteiger partial charge in [0.15, 0.2) is 0 Å². The van der Waals surface area contributed by atoms with Crippen LogP contribution < -0.4 is 9.80 Å². The van der Waals surface area contributed by atoms with Gasteiger partial charge in [0.05, 0.1) is 11.4 Å². The van der Waals surface area contributed by atoms with Gasteiger partial charge in [0.25, 0.3) is 5.91 Å². The predicted octanol–water partition coefficient (Wildman–Crippen LogP) is 3.09. The number of aryl methyl sites for hydroxylation is 1. The van der Waals surface area contributed by atoms with Crippen molar-refractivity contribution in [3.05, 3.63) is 59.7 Å². The van der Waals surface area contributed by atoms with Gasteiger partial charge in [-0.15, -0.1) is 0 Å². The Morgan fingerprint density at radius 1 is 0.950 bits per heavy atom. The molecule has 1 aliphatic heterocycles. The highest BCUT2D eigenvalue weighted by Crippen LogP contribution is 2.32. The third-order valence-corrected chi connectivity index (χ3v) is 3.86. The molecule has 0 bridgehead atoms. The summed E-state index contributed by atoms with van der Waals surface area (Å²) < 4.78 is 0. The van der Waals surface area contributed by atoms with Gasteiger partial charge in [-0.2, -0.15) is 0 Å². The van der Waals surface area contributed by atoms with Crippen LogP contribution in [-0.4, -0.2) is 26.0 Å². The van der Waals surface area contributed by atoms with Crippen molar-refractivity contribution in [2.45, 2.75) is 6.92 Å². The minimum Gasteiger partial charge on any atom is -0.371 e. The number of rotatable bonds is 1. The van der Waals surface area contributed by atoms with Crippen LogP contribution in [0.3, 0.4) is 0 Å². The average molecular weight is 266 g/mol. The second-order valence-electron chi connectivity index (χ2n) is 5.18. The van der Waals surface area contributed by atoms with Crippen LogP contribution in [0.5, 0.6) is 0 Å². The van der Waals surface area contributed by atoms with Gasteiger partial charge < -0.3 is 9.80 Å². The average Bonchev–Trinajstić information content (AvgIpc) is 2.48. The Morgan fingerprint density at radius 2 is 1.60 bits per heavy atom. The molecule has 0 radical (unpaired) electrons. The summed E-state index contributed by atoms with van der Waals surface area (Å²) >= 11 is 0. The van der Waals surface area contributed by atoms with Crippen molar-refractivity contribution < 1.29 is 4.79 Å². The third-order valence-electron chi connectivity index (χ3n) is 3.86. The molecule has 1 aliphatic rings. The Balaban J connectivity index is 2.02. The van der Waals surface area contributed by atoms with E-state index in [-0.39, 0.29) is 5.91 Å². The first-order chi connectivity index (χ1) is 9.68. The number of para-hydroxylation sites is 2. The molecular formula is C17H18N2O. The minimum absolute atomic E-state index is 0.0867. The first kappa shape index (κ1) is 12.7. The summed E-state index contributed by atoms with van der Waals surface area (Å²) in [6, 6.07) is 15.8. The Morgan fingerprint density at radius 3 is 2.35 bits per heavy atom. The van der Waals surface area contributed by atoms with Crippen LogP contribution >= 0.6 is 0 Å². The van der Waals surface area contributed by atoms with Gasteiger partial charge in [0.2, 0.25) is 0 Å². The molecule has 2 aromatic rings. The summed E-state index contributed by atoms with van der Waals surface area (Å²) in [6.45, 7) is 3.56. The number of anilines is 2. The smallest absolute Gasteiger partial charge is 0.258 e. The van der Waals surface area contributed by atoms with Gasteiger partial charge in [-0.25, -0.2) is 0 Å². The molecule has 0 saturated heterocycles. The quantitative estimate of drug-likeness (QED) is 0.792. The van der Waals surface area contributed by atoms with Crippen molar-refractivity contribution in [1.82, 2.24) is 0 Å². The lowest BCUT2D eigenvalue weighted by molar-refractivity contribution is 0.0986. The topological polar surface area (TPSA) is 23.6 Å². The molecule has 102 valence electrons. The molecule has 0 saturated carbocycles. The predicted molar refractivity (Wildman–Crippen MR) is 82.6 cm³/mol. The Labute approximate surface area is 119 Å². The van der Waals surface area contributed by atoms with Crippen LogP contribution in [0.4, 0.5) is 11.4 Å². The van der Waals surface area contributed by atoms with Crippen LogP contribution in [-0.2, 0) is 0 Å². The Bertz CT molecular complexity index is 651. The fraction of sp³-hybridized carbons (Fsp3) is 0.235. The number of likely N-dealkylation sites (N-methyl/N-ethyl adjacent to an activating group) is 1. The molecule has 1 amide bonds. The summed E-state index contributed by atoms with van der Waals surface area (Å²) in [7, 11) is 2.06. The number of nitrogens with zero attached hydrogens (tertiary/aromatic N) is 2. The van der Waals surface area contributed by atoms with Crippen LogP contribution in [0, 0.1) is 6.92 Å². The molecule has 2 aromatic carbocycles. The van der Waals surface area contributed by atoms with Gasteiger partial charge in [-0.05, 0) is 30.7 Å². The van der Waals surface area contributed by atoms with Crippen molar-refractivity contribution in [1.29, 1.82) is 0 Å². The fourth-order valence-electron chi connectivity index (χ4n) is 2.68. The highest BCUT2D eigenvalue weighted by atomic mass is 16.2. The van der Waals surface area contributed by atoms with Gasteiger partial charge in [-0.1, -0.05) is 30.3 Å². The van der Waals surface area contributed by atoms with E-state index in [1.54, 1.807) is 0 Å². The number of hydrogen-bond acceptors (Lipinski definition) is 2. The van der Waals surface area contributed by atoms with E-state index >= 15 is 0 Å². The van der Waals surface area contributed by atoms with Gasteiger partial charge >= 0.3 is 0 Å². The minimum atomic E-state index is 0.0867. The lowest BCUT2D eigenvalue weighted by atomic mass is 10.1. The standard InChI is InChI=1S/C17H18N2O/c1-13-7-3-4-8-14(13)17(20)19-12-11-18(2)15-9-5-6-10-16(15)19/h3-10H,11-12H2,1-2H3. The summed E-state index contributed by atoms with van der Waals surface area (Å²) in [6.07, 6.45) is 0. The van der Waals surface area contributed by atoms with Crippen molar-refractivity contribution in [2.24, 2.45) is 0 Å². The molecule has 0 fully saturated rings. The van der Waals surface area contributed by atoms with Crippen molar-refractivity contribution >= 4 is 17.3 Å². The number of carbonyl (C=O) groups is 1. The number of hydrogen-bond donors (Lipinski definition) is 0. The largest absolute Gasteiger partial charge is 0.371 e. The van der Waals surface area contributed by atoms with Crippen molar-refractivity contribution in [2.75, 3.05) is 29.9 Å². The molecule has 1 heterocycles. The second kappa shape index (κ2) is 5.00. The van der Waals surface area contributed by atoms with E-state index < -0.39 is 0 Å². The fourth-order valence-corrected chi connectivity index (χ4v) is 2.68. The zero-order chi connectivity index (χ0) is 14.1. The van der Waals surface area contributed by atoms with Crippen LogP contribution in [0.15, 0.2) is 48.5 Å². The van der Waals surface area contributed by atoms with E-state index in [1.807, 2.05) is 54.3 Å². The van der Waals surface area contributed by atoms with Gasteiger partial charge in [0, 0.05) is 25.7 Å². The van der Waals surface area contributed by atoms with Crippen molar-refractivity contribution in [3.63, 3.8) is 0 Å². The number of carbonyl (C=O) groups excluding carboxylic acids is 1. The third kappa shape index (κ3) is 2.05. The molecule has 3 nitrogen and oxygen atoms in total. The molecule has 0 unspecified atom stereocenters. The molecule has 0 N–H and O–H groups in total. The Hall–Kier alpha value is -2.29. The summed E-state index contributed by atoms with van der Waals surface area (Å²) in [5.74, 6) is 0.0867. The van der Waals surface area contributed by atoms with E-state index in [1.165, 1.54) is 0 Å². The lowest BCUT2D eigenvalue weighted by Gasteiger charge is -2.35. The lowest BCUT2D eigenvalue weighted by Crippen LogP contribution is -2.42. The zero-order valence-corrected chi connectivity index (χ0v) is 11.8. The van der Waals surface area contributed by atoms with E-state index in [0.29, 0.717) is 0 Å². The first-order valence-electron chi connectivity index (χ1n) is 6.86. The maximum atomic E-state index is 12.8. The van der Waals surface area contributed by atoms with Crippen LogP contribution in [0.2, 0.25) is 0 Å². The maximum absolute atomic E-state index is 12.8. The zero-order valence-electron chi connectivity index (χ0n) is 11.8. The van der Waals surface area contributed by atoms with Crippen LogP contribution in [0.1, 0.15) is 15.9 Å². The molecule has 20 heavy (non-hydrogen) atoms. The summed E-state index contributed by atoms with van der Waals surface area (Å²) in [5.41, 5.74) is 3.91. The summed E-state index contributed by atoms with van der Waals surface area (Å²) in [5, 5.41) is 0. The molecule has 3 heteroatoms. The van der Waals surface area contributed by atoms with E-state index in [2.05, 4.69) is 18.0 Å². The molecule has 0 atom stereocenters. The van der Waals surface area contributed by atoms with Crippen molar-refractivity contribution in [3.8, 4) is 0 Å². The Kier molecular flexibility index (Phi) is 3.18. The van der Waals surface area contributed by atoms with Gasteiger partial charge in [0.1, 0.15) is 0 Å². The molecule has 0 aliphatic carbocycles. The van der Waals surface area contributed by atoms with E-state index in [9.17, 15) is 4.79 Å². The summed E-state index contributed by atoms with van der Waals surface area (Å²) in [4.78, 5) is 16.9. The monoisotopic (exact) mass is 266 g/mol. The SMILES string of the molecule is Cc1ccccc1C(=O)N1CCN(C)c2ccccc21. The first-order valence-corrected chi connectivity index (χ1v) is 6.86. The number of benzene rings is 2. The molecule has 0 aromatic heterocycles. The van der Waals surface area contributed by atoms with Crippen LogP contribution in [0.25, 0.3) is 0 Å². The molecule has 3 rings (SSSR count). The maximum Gasteiger partial charge on any atom is 0.258 e. The normalized spacial score (nSPS) is 14.1. The number of amides is 1. The van der Waals surface area contributed by atoms with E-state index in [0.717, 1.165) is 35.6 Å². The molecule has 0 spiro atoms. The second-order valence-corrected chi connectivity index (χ2v) is 5.18. The van der Waals surface area contributed by atoms with E-state index in [4.69, 9.17) is 0 Å². The number of fused-ring (bicyclic) bond motifs is 1. The van der Waals surface area contributed by atoms with Gasteiger partial charge in [-0.3, -0.25) is 4.79 Å². The highest BCUT2D eigenvalue weighted by molar-refractivity contribution is 6.09.